The molecule has 2 aromatic carbocycles. The van der Waals surface area contributed by atoms with Crippen molar-refractivity contribution in [1.29, 1.82) is 0 Å². The second-order valence-electron chi connectivity index (χ2n) is 11.6. The average molecular weight is 594 g/mol. The Hall–Kier alpha value is -3.73. The Bertz CT molecular complexity index is 1600. The lowest BCUT2D eigenvalue weighted by molar-refractivity contribution is -0.138. The van der Waals surface area contributed by atoms with Gasteiger partial charge in [-0.25, -0.2) is 4.98 Å². The standard InChI is InChI=1S/C33H38F3N5O2/c1-21-5-10-27(14-23(21)7-6-22-13-26-15-28(20-43-4)38-31(26)37-17-22)39-32(42)24-8-9-25(30(16-24)33(34,35)36)18-41-12-11-29(19-41)40(2)3/h5,8-10,13-17,29H,6-7,11-12,18-20H2,1-4H3,(H,37,38)(H,39,42). The number of rotatable bonds is 10. The number of fused-ring (bicyclic) bond motifs is 1. The van der Waals surface area contributed by atoms with Crippen LogP contribution in [0.15, 0.2) is 54.7 Å². The number of methoxy groups -OCH3 is 1. The number of aryl methyl sites for hydroxylation is 3. The molecular weight excluding hydrogens is 555 g/mol. The minimum Gasteiger partial charge on any atom is -0.378 e. The Balaban J connectivity index is 1.27. The Morgan fingerprint density at radius 1 is 1.12 bits per heavy atom. The molecule has 1 unspecified atom stereocenters. The molecule has 228 valence electrons. The monoisotopic (exact) mass is 593 g/mol. The SMILES string of the molecule is COCc1cc2cc(CCc3cc(NC(=O)c4ccc(CN5CCC(N(C)C)C5)c(C(F)(F)F)c4)ccc3C)cnc2[nH]1. The normalized spacial score (nSPS) is 16.0. The number of aromatic nitrogens is 2. The maximum Gasteiger partial charge on any atom is 0.416 e. The third kappa shape index (κ3) is 7.44. The summed E-state index contributed by atoms with van der Waals surface area (Å²) in [6.07, 6.45) is -0.331. The van der Waals surface area contributed by atoms with Gasteiger partial charge in [0.2, 0.25) is 0 Å². The number of hydrogen-bond acceptors (Lipinski definition) is 5. The Kier molecular flexibility index (Phi) is 9.19. The summed E-state index contributed by atoms with van der Waals surface area (Å²) in [5.74, 6) is -0.574. The van der Waals surface area contributed by atoms with Crippen molar-refractivity contribution in [1.82, 2.24) is 19.8 Å². The first-order valence-corrected chi connectivity index (χ1v) is 14.5. The van der Waals surface area contributed by atoms with Gasteiger partial charge in [0.05, 0.1) is 12.2 Å². The molecule has 2 aromatic heterocycles. The van der Waals surface area contributed by atoms with E-state index in [1.807, 2.05) is 50.3 Å². The van der Waals surface area contributed by atoms with Gasteiger partial charge in [0, 0.05) is 61.3 Å². The third-order valence-electron chi connectivity index (χ3n) is 8.22. The number of carbonyl (C=O) groups excluding carboxylic acids is 1. The van der Waals surface area contributed by atoms with Crippen LogP contribution in [0.25, 0.3) is 11.0 Å². The van der Waals surface area contributed by atoms with Gasteiger partial charge in [0.1, 0.15) is 5.65 Å². The molecule has 0 aliphatic carbocycles. The van der Waals surface area contributed by atoms with Gasteiger partial charge < -0.3 is 19.9 Å². The number of nitrogens with one attached hydrogen (secondary N) is 2. The molecular formula is C33H38F3N5O2. The Labute approximate surface area is 250 Å². The zero-order chi connectivity index (χ0) is 30.7. The third-order valence-corrected chi connectivity index (χ3v) is 8.22. The predicted octanol–water partition coefficient (Wildman–Crippen LogP) is 6.21. The van der Waals surface area contributed by atoms with Crippen LogP contribution in [0.4, 0.5) is 18.9 Å². The number of H-pyrrole nitrogens is 1. The molecule has 7 nitrogen and oxygen atoms in total. The first-order valence-electron chi connectivity index (χ1n) is 14.5. The smallest absolute Gasteiger partial charge is 0.378 e. The topological polar surface area (TPSA) is 73.5 Å². The van der Waals surface area contributed by atoms with E-state index in [1.165, 1.54) is 12.1 Å². The fourth-order valence-electron chi connectivity index (χ4n) is 5.73. The number of benzene rings is 2. The highest BCUT2D eigenvalue weighted by atomic mass is 19.4. The van der Waals surface area contributed by atoms with E-state index in [2.05, 4.69) is 26.3 Å². The summed E-state index contributed by atoms with van der Waals surface area (Å²) >= 11 is 0. The molecule has 4 aromatic rings. The average Bonchev–Trinajstić information content (AvgIpc) is 3.59. The van der Waals surface area contributed by atoms with Crippen molar-refractivity contribution in [3.63, 3.8) is 0 Å². The molecule has 43 heavy (non-hydrogen) atoms. The lowest BCUT2D eigenvalue weighted by atomic mass is 10.00. The van der Waals surface area contributed by atoms with E-state index in [-0.39, 0.29) is 17.7 Å². The fourth-order valence-corrected chi connectivity index (χ4v) is 5.73. The zero-order valence-electron chi connectivity index (χ0n) is 25.0. The van der Waals surface area contributed by atoms with E-state index in [0.717, 1.165) is 71.8 Å². The van der Waals surface area contributed by atoms with Crippen molar-refractivity contribution in [3.05, 3.63) is 93.8 Å². The zero-order valence-corrected chi connectivity index (χ0v) is 25.0. The van der Waals surface area contributed by atoms with E-state index in [4.69, 9.17) is 4.74 Å². The van der Waals surface area contributed by atoms with Crippen molar-refractivity contribution < 1.29 is 22.7 Å². The van der Waals surface area contributed by atoms with Gasteiger partial charge in [-0.1, -0.05) is 12.1 Å². The van der Waals surface area contributed by atoms with Gasteiger partial charge in [-0.3, -0.25) is 9.69 Å². The fraction of sp³-hybridized carbons (Fsp3) is 0.394. The molecule has 0 radical (unpaired) electrons. The van der Waals surface area contributed by atoms with E-state index >= 15 is 0 Å². The molecule has 5 rings (SSSR count). The van der Waals surface area contributed by atoms with E-state index in [1.54, 1.807) is 13.2 Å². The van der Waals surface area contributed by atoms with Crippen molar-refractivity contribution >= 4 is 22.6 Å². The van der Waals surface area contributed by atoms with Crippen molar-refractivity contribution in [2.24, 2.45) is 0 Å². The number of pyridine rings is 1. The maximum absolute atomic E-state index is 14.1. The van der Waals surface area contributed by atoms with Gasteiger partial charge in [-0.15, -0.1) is 0 Å². The number of hydrogen-bond donors (Lipinski definition) is 2. The number of carbonyl (C=O) groups is 1. The maximum atomic E-state index is 14.1. The van der Waals surface area contributed by atoms with Crippen molar-refractivity contribution in [3.8, 4) is 0 Å². The minimum atomic E-state index is -4.56. The molecule has 0 bridgehead atoms. The molecule has 3 heterocycles. The van der Waals surface area contributed by atoms with Gasteiger partial charge in [-0.05, 0) is 98.9 Å². The summed E-state index contributed by atoms with van der Waals surface area (Å²) in [5.41, 5.74) is 4.90. The summed E-state index contributed by atoms with van der Waals surface area (Å²) in [6, 6.07) is 13.9. The Morgan fingerprint density at radius 2 is 1.93 bits per heavy atom. The summed E-state index contributed by atoms with van der Waals surface area (Å²) < 4.78 is 47.4. The summed E-state index contributed by atoms with van der Waals surface area (Å²) in [5, 5.41) is 3.82. The predicted molar refractivity (Wildman–Crippen MR) is 162 cm³/mol. The number of amides is 1. The molecule has 1 aliphatic rings. The molecule has 2 N–H and O–H groups in total. The first kappa shape index (κ1) is 30.7. The molecule has 1 fully saturated rings. The number of nitrogens with zero attached hydrogens (tertiary/aromatic N) is 3. The summed E-state index contributed by atoms with van der Waals surface area (Å²) in [7, 11) is 5.62. The highest BCUT2D eigenvalue weighted by Crippen LogP contribution is 2.34. The highest BCUT2D eigenvalue weighted by Gasteiger charge is 2.35. The quantitative estimate of drug-likeness (QED) is 0.229. The number of aromatic amines is 1. The first-order chi connectivity index (χ1) is 20.5. The summed E-state index contributed by atoms with van der Waals surface area (Å²) in [6.45, 7) is 4.14. The molecule has 10 heteroatoms. The van der Waals surface area contributed by atoms with Crippen LogP contribution in [0.5, 0.6) is 0 Å². The van der Waals surface area contributed by atoms with E-state index in [0.29, 0.717) is 18.3 Å². The second kappa shape index (κ2) is 12.9. The van der Waals surface area contributed by atoms with Crippen LogP contribution >= 0.6 is 0 Å². The molecule has 1 amide bonds. The summed E-state index contributed by atoms with van der Waals surface area (Å²) in [4.78, 5) is 25.0. The molecule has 0 saturated carbocycles. The molecule has 1 saturated heterocycles. The second-order valence-corrected chi connectivity index (χ2v) is 11.6. The van der Waals surface area contributed by atoms with Gasteiger partial charge in [-0.2, -0.15) is 13.2 Å². The number of ether oxygens (including phenoxy) is 1. The van der Waals surface area contributed by atoms with Crippen LogP contribution in [-0.2, 0) is 36.9 Å². The van der Waals surface area contributed by atoms with Crippen LogP contribution in [-0.4, -0.2) is 66.0 Å². The number of halogens is 3. The van der Waals surface area contributed by atoms with Gasteiger partial charge in [0.15, 0.2) is 0 Å². The number of anilines is 1. The van der Waals surface area contributed by atoms with Crippen LogP contribution < -0.4 is 5.32 Å². The highest BCUT2D eigenvalue weighted by molar-refractivity contribution is 6.04. The van der Waals surface area contributed by atoms with E-state index < -0.39 is 17.6 Å². The van der Waals surface area contributed by atoms with Gasteiger partial charge in [0.25, 0.3) is 5.91 Å². The number of likely N-dealkylation sites (tertiary alicyclic amines) is 1. The van der Waals surface area contributed by atoms with Crippen LogP contribution in [0.3, 0.4) is 0 Å². The molecule has 1 atom stereocenters. The number of alkyl halides is 3. The van der Waals surface area contributed by atoms with E-state index in [9.17, 15) is 18.0 Å². The van der Waals surface area contributed by atoms with Crippen molar-refractivity contribution in [2.75, 3.05) is 39.6 Å². The van der Waals surface area contributed by atoms with Crippen LogP contribution in [0, 0.1) is 6.92 Å². The Morgan fingerprint density at radius 3 is 2.65 bits per heavy atom. The number of likely N-dealkylation sites (N-methyl/N-ethyl adjacent to an activating group) is 1. The van der Waals surface area contributed by atoms with Crippen LogP contribution in [0.1, 0.15) is 50.3 Å². The molecule has 1 aliphatic heterocycles. The van der Waals surface area contributed by atoms with Crippen molar-refractivity contribution in [2.45, 2.75) is 51.6 Å². The van der Waals surface area contributed by atoms with Crippen LogP contribution in [0.2, 0.25) is 0 Å². The largest absolute Gasteiger partial charge is 0.416 e. The lowest BCUT2D eigenvalue weighted by Gasteiger charge is -2.22. The molecule has 0 spiro atoms. The van der Waals surface area contributed by atoms with Gasteiger partial charge >= 0.3 is 6.18 Å². The minimum absolute atomic E-state index is 0.0236. The lowest BCUT2D eigenvalue weighted by Crippen LogP contribution is -2.31.